The fourth-order valence-electron chi connectivity index (χ4n) is 5.76. The van der Waals surface area contributed by atoms with Crippen LogP contribution < -0.4 is 9.64 Å². The predicted molar refractivity (Wildman–Crippen MR) is 129 cm³/mol. The van der Waals surface area contributed by atoms with Gasteiger partial charge in [0.25, 0.3) is 10.1 Å². The van der Waals surface area contributed by atoms with Crippen molar-refractivity contribution in [1.82, 2.24) is 4.90 Å². The quantitative estimate of drug-likeness (QED) is 0.551. The molecule has 34 heavy (non-hydrogen) atoms. The molecule has 0 saturated heterocycles. The third kappa shape index (κ3) is 2.99. The molecule has 0 saturated carbocycles. The highest BCUT2D eigenvalue weighted by Crippen LogP contribution is 2.58. The lowest BCUT2D eigenvalue weighted by Crippen LogP contribution is -2.37. The third-order valence-electron chi connectivity index (χ3n) is 7.45. The normalized spacial score (nSPS) is 20.5. The Bertz CT molecular complexity index is 1450. The zero-order valence-corrected chi connectivity index (χ0v) is 20.1. The molecule has 2 heterocycles. The maximum atomic E-state index is 12.3. The van der Waals surface area contributed by atoms with Crippen molar-refractivity contribution in [2.24, 2.45) is 0 Å². The van der Waals surface area contributed by atoms with Gasteiger partial charge in [0.2, 0.25) is 0 Å². The van der Waals surface area contributed by atoms with E-state index >= 15 is 0 Å². The molecule has 0 bridgehead atoms. The van der Waals surface area contributed by atoms with Gasteiger partial charge in [0.15, 0.2) is 11.5 Å². The molecule has 0 amide bonds. The molecule has 2 aliphatic heterocycles. The van der Waals surface area contributed by atoms with Crippen molar-refractivity contribution >= 4 is 15.8 Å². The van der Waals surface area contributed by atoms with E-state index in [4.69, 9.17) is 4.74 Å². The van der Waals surface area contributed by atoms with E-state index in [1.807, 2.05) is 50.3 Å². The summed E-state index contributed by atoms with van der Waals surface area (Å²) in [5.41, 5.74) is 7.38. The van der Waals surface area contributed by atoms with E-state index in [-0.39, 0.29) is 22.4 Å². The standard InChI is InChI=1S/C26H26N2O5S/c1-27(2)16-7-4-15(5-8-16)25-17-9-6-14-10-11-28(3)19-12-18-21(34(30,31)32)13-20(29)26(33-25)24(18)23(17)22(14)19/h4-9,13,19,25,29H,10-12H2,1-3H3,(H,30,31,32)/t19-,25?/m1/s1. The van der Waals surface area contributed by atoms with Gasteiger partial charge in [0.1, 0.15) is 11.0 Å². The van der Waals surface area contributed by atoms with Gasteiger partial charge in [0.05, 0.1) is 0 Å². The molecular formula is C26H26N2O5S. The number of benzene rings is 3. The van der Waals surface area contributed by atoms with Crippen LogP contribution >= 0.6 is 0 Å². The Morgan fingerprint density at radius 3 is 2.50 bits per heavy atom. The summed E-state index contributed by atoms with van der Waals surface area (Å²) in [6.07, 6.45) is 0.863. The van der Waals surface area contributed by atoms with Gasteiger partial charge in [-0.15, -0.1) is 0 Å². The summed E-state index contributed by atoms with van der Waals surface area (Å²) < 4.78 is 41.0. The highest BCUT2D eigenvalue weighted by atomic mass is 32.2. The Morgan fingerprint density at radius 2 is 1.82 bits per heavy atom. The summed E-state index contributed by atoms with van der Waals surface area (Å²) in [5.74, 6) is -0.0104. The maximum absolute atomic E-state index is 12.3. The van der Waals surface area contributed by atoms with Crippen LogP contribution in [0.4, 0.5) is 5.69 Å². The Hall–Kier alpha value is -3.07. The molecule has 6 rings (SSSR count). The SMILES string of the molecule is CN(C)c1ccc(C2Oc3c(O)cc(S(=O)(=O)O)c4c3-c3c2ccc2c3[C@@H](C4)N(C)CC2)cc1. The number of ether oxygens (including phenoxy) is 1. The first-order chi connectivity index (χ1) is 16.1. The largest absolute Gasteiger partial charge is 0.504 e. The van der Waals surface area contributed by atoms with E-state index in [0.717, 1.165) is 41.4 Å². The van der Waals surface area contributed by atoms with Crippen molar-refractivity contribution < 1.29 is 22.8 Å². The van der Waals surface area contributed by atoms with Crippen LogP contribution in [0.3, 0.4) is 0 Å². The molecule has 2 atom stereocenters. The van der Waals surface area contributed by atoms with Gasteiger partial charge in [0, 0.05) is 49.6 Å². The Morgan fingerprint density at radius 1 is 1.09 bits per heavy atom. The van der Waals surface area contributed by atoms with E-state index in [1.54, 1.807) is 0 Å². The van der Waals surface area contributed by atoms with Crippen molar-refractivity contribution in [3.8, 4) is 22.6 Å². The van der Waals surface area contributed by atoms with Crippen LogP contribution in [0.2, 0.25) is 0 Å². The second kappa shape index (κ2) is 7.21. The van der Waals surface area contributed by atoms with Crippen molar-refractivity contribution in [3.05, 3.63) is 70.3 Å². The van der Waals surface area contributed by atoms with Crippen molar-refractivity contribution in [2.75, 3.05) is 32.6 Å². The third-order valence-corrected chi connectivity index (χ3v) is 8.37. The summed E-state index contributed by atoms with van der Waals surface area (Å²) in [4.78, 5) is 4.02. The van der Waals surface area contributed by atoms with Crippen molar-refractivity contribution in [3.63, 3.8) is 0 Å². The van der Waals surface area contributed by atoms with E-state index < -0.39 is 16.2 Å². The van der Waals surface area contributed by atoms with Gasteiger partial charge in [-0.05, 0) is 59.8 Å². The Balaban J connectivity index is 1.66. The fraction of sp³-hybridized carbons (Fsp3) is 0.308. The zero-order chi connectivity index (χ0) is 23.9. The molecule has 176 valence electrons. The number of anilines is 1. The van der Waals surface area contributed by atoms with Crippen LogP contribution in [-0.4, -0.2) is 50.7 Å². The molecule has 0 fully saturated rings. The van der Waals surface area contributed by atoms with Crippen LogP contribution in [-0.2, 0) is 23.0 Å². The highest BCUT2D eigenvalue weighted by Gasteiger charge is 2.43. The molecule has 0 aromatic heterocycles. The Labute approximate surface area is 199 Å². The van der Waals surface area contributed by atoms with Crippen molar-refractivity contribution in [1.29, 1.82) is 0 Å². The minimum absolute atomic E-state index is 0.0149. The fourth-order valence-corrected chi connectivity index (χ4v) is 6.52. The summed E-state index contributed by atoms with van der Waals surface area (Å²) >= 11 is 0. The van der Waals surface area contributed by atoms with Crippen LogP contribution in [0.1, 0.15) is 40.0 Å². The molecule has 0 radical (unpaired) electrons. The van der Waals surface area contributed by atoms with Gasteiger partial charge in [-0.25, -0.2) is 0 Å². The van der Waals surface area contributed by atoms with E-state index in [1.165, 1.54) is 11.1 Å². The van der Waals surface area contributed by atoms with Gasteiger partial charge < -0.3 is 14.7 Å². The maximum Gasteiger partial charge on any atom is 0.294 e. The van der Waals surface area contributed by atoms with Gasteiger partial charge in [-0.2, -0.15) is 8.42 Å². The summed E-state index contributed by atoms with van der Waals surface area (Å²) in [6, 6.07) is 13.4. The smallest absolute Gasteiger partial charge is 0.294 e. The van der Waals surface area contributed by atoms with Gasteiger partial charge >= 0.3 is 0 Å². The first kappa shape index (κ1) is 21.5. The van der Waals surface area contributed by atoms with Crippen LogP contribution in [0.25, 0.3) is 11.1 Å². The summed E-state index contributed by atoms with van der Waals surface area (Å²) in [6.45, 7) is 0.865. The molecule has 2 N–H and O–H groups in total. The number of phenols is 1. The van der Waals surface area contributed by atoms with Crippen LogP contribution in [0.5, 0.6) is 11.5 Å². The van der Waals surface area contributed by atoms with Crippen molar-refractivity contribution in [2.45, 2.75) is 29.9 Å². The second-order valence-corrected chi connectivity index (χ2v) is 11.0. The molecule has 3 aromatic carbocycles. The molecule has 1 unspecified atom stereocenters. The first-order valence-electron chi connectivity index (χ1n) is 11.3. The van der Waals surface area contributed by atoms with E-state index in [9.17, 15) is 18.1 Å². The number of nitrogens with zero attached hydrogens (tertiary/aromatic N) is 2. The molecule has 3 aliphatic rings. The lowest BCUT2D eigenvalue weighted by atomic mass is 9.73. The monoisotopic (exact) mass is 478 g/mol. The number of likely N-dealkylation sites (N-methyl/N-ethyl adjacent to an activating group) is 1. The van der Waals surface area contributed by atoms with Gasteiger partial charge in [-0.1, -0.05) is 24.3 Å². The van der Waals surface area contributed by atoms with E-state index in [2.05, 4.69) is 17.0 Å². The number of rotatable bonds is 3. The summed E-state index contributed by atoms with van der Waals surface area (Å²) in [5, 5.41) is 10.9. The number of hydrogen-bond acceptors (Lipinski definition) is 6. The topological polar surface area (TPSA) is 90.3 Å². The van der Waals surface area contributed by atoms with E-state index in [0.29, 0.717) is 17.5 Å². The second-order valence-electron chi connectivity index (χ2n) is 9.59. The first-order valence-corrected chi connectivity index (χ1v) is 12.8. The molecule has 1 aliphatic carbocycles. The van der Waals surface area contributed by atoms with Crippen LogP contribution in [0, 0.1) is 0 Å². The minimum atomic E-state index is -4.53. The lowest BCUT2D eigenvalue weighted by molar-refractivity contribution is 0.213. The lowest BCUT2D eigenvalue weighted by Gasteiger charge is -2.44. The molecule has 7 nitrogen and oxygen atoms in total. The summed E-state index contributed by atoms with van der Waals surface area (Å²) in [7, 11) is 1.48. The Kier molecular flexibility index (Phi) is 4.55. The number of phenolic OH excluding ortho intramolecular Hbond substituents is 1. The molecule has 0 spiro atoms. The number of aromatic hydroxyl groups is 1. The average Bonchev–Trinajstić information content (AvgIpc) is 2.80. The predicted octanol–water partition coefficient (Wildman–Crippen LogP) is 3.94. The highest BCUT2D eigenvalue weighted by molar-refractivity contribution is 7.85. The molecular weight excluding hydrogens is 452 g/mol. The number of hydrogen-bond donors (Lipinski definition) is 2. The molecule has 8 heteroatoms. The van der Waals surface area contributed by atoms with Gasteiger partial charge in [-0.3, -0.25) is 9.45 Å². The van der Waals surface area contributed by atoms with Crippen LogP contribution in [0.15, 0.2) is 47.4 Å². The molecule has 3 aromatic rings. The minimum Gasteiger partial charge on any atom is -0.504 e. The zero-order valence-electron chi connectivity index (χ0n) is 19.2. The average molecular weight is 479 g/mol.